The molecule has 0 radical (unpaired) electrons. The number of carbonyl (C=O) groups is 3. The molecule has 3 amide bonds. The van der Waals surface area contributed by atoms with Crippen LogP contribution in [-0.4, -0.2) is 37.4 Å². The highest BCUT2D eigenvalue weighted by atomic mass is 16.2. The van der Waals surface area contributed by atoms with Crippen molar-refractivity contribution < 1.29 is 14.4 Å². The van der Waals surface area contributed by atoms with Gasteiger partial charge in [0.25, 0.3) is 0 Å². The van der Waals surface area contributed by atoms with Gasteiger partial charge >= 0.3 is 0 Å². The zero-order valence-electron chi connectivity index (χ0n) is 10.6. The van der Waals surface area contributed by atoms with Gasteiger partial charge < -0.3 is 16.0 Å². The van der Waals surface area contributed by atoms with Crippen molar-refractivity contribution in [1.82, 2.24) is 16.0 Å². The molecule has 3 aliphatic rings. The number of amides is 3. The monoisotopic (exact) mass is 255 g/mol. The lowest BCUT2D eigenvalue weighted by Crippen LogP contribution is -2.12. The minimum Gasteiger partial charge on any atom is -0.356 e. The Kier molecular flexibility index (Phi) is 6.83. The van der Waals surface area contributed by atoms with Crippen molar-refractivity contribution >= 4 is 17.7 Å². The van der Waals surface area contributed by atoms with E-state index in [1.165, 1.54) is 0 Å². The third kappa shape index (κ3) is 6.88. The summed E-state index contributed by atoms with van der Waals surface area (Å²) in [6.07, 6.45) is 5.29. The number of nitrogens with one attached hydrogen (secondary N) is 3. The molecule has 0 aromatic carbocycles. The van der Waals surface area contributed by atoms with Gasteiger partial charge in [0.15, 0.2) is 0 Å². The van der Waals surface area contributed by atoms with Crippen LogP contribution in [0.1, 0.15) is 38.5 Å². The van der Waals surface area contributed by atoms with Gasteiger partial charge in [-0.25, -0.2) is 0 Å². The van der Waals surface area contributed by atoms with E-state index in [2.05, 4.69) is 16.0 Å². The molecule has 0 aromatic rings. The summed E-state index contributed by atoms with van der Waals surface area (Å²) in [5.74, 6) is 0.611. The van der Waals surface area contributed by atoms with E-state index in [9.17, 15) is 14.4 Å². The molecule has 0 unspecified atom stereocenters. The first-order valence-corrected chi connectivity index (χ1v) is 6.48. The topological polar surface area (TPSA) is 87.3 Å². The summed E-state index contributed by atoms with van der Waals surface area (Å²) in [5, 5.41) is 8.04. The molecular weight excluding hydrogens is 234 g/mol. The first-order valence-electron chi connectivity index (χ1n) is 6.48. The molecule has 102 valence electrons. The second-order valence-electron chi connectivity index (χ2n) is 4.36. The molecule has 0 spiro atoms. The van der Waals surface area contributed by atoms with E-state index < -0.39 is 0 Å². The van der Waals surface area contributed by atoms with E-state index in [0.29, 0.717) is 0 Å². The quantitative estimate of drug-likeness (QED) is 0.555. The van der Waals surface area contributed by atoms with Crippen molar-refractivity contribution in [2.75, 3.05) is 19.6 Å². The Bertz CT molecular complexity index is 233. The van der Waals surface area contributed by atoms with Crippen LogP contribution in [0, 0.1) is 0 Å². The second kappa shape index (κ2) is 8.49. The Balaban J connectivity index is 0.000000135. The molecule has 0 saturated carbocycles. The predicted octanol–water partition coefficient (Wildman–Crippen LogP) is -0.311. The lowest BCUT2D eigenvalue weighted by molar-refractivity contribution is -0.119. The smallest absolute Gasteiger partial charge is 0.220 e. The maximum Gasteiger partial charge on any atom is 0.220 e. The summed E-state index contributed by atoms with van der Waals surface area (Å²) in [5.41, 5.74) is 0. The van der Waals surface area contributed by atoms with Gasteiger partial charge in [0.05, 0.1) is 0 Å². The molecule has 3 fully saturated rings. The number of hydrogen-bond acceptors (Lipinski definition) is 3. The number of rotatable bonds is 0. The van der Waals surface area contributed by atoms with Crippen molar-refractivity contribution in [2.45, 2.75) is 38.5 Å². The van der Waals surface area contributed by atoms with Crippen molar-refractivity contribution in [3.63, 3.8) is 0 Å². The van der Waals surface area contributed by atoms with Crippen LogP contribution in [0.3, 0.4) is 0 Å². The van der Waals surface area contributed by atoms with Gasteiger partial charge in [0, 0.05) is 38.9 Å². The first-order chi connectivity index (χ1) is 8.68. The number of carbonyl (C=O) groups excluding carboxylic acids is 3. The average molecular weight is 255 g/mol. The Hall–Kier alpha value is -1.59. The Morgan fingerprint density at radius 1 is 0.556 bits per heavy atom. The lowest BCUT2D eigenvalue weighted by atomic mass is 10.4. The SMILES string of the molecule is O=C1CCCN1.O=C1CCCN1.O=C1CCCN1. The fourth-order valence-electron chi connectivity index (χ4n) is 1.70. The largest absolute Gasteiger partial charge is 0.356 e. The van der Waals surface area contributed by atoms with Crippen LogP contribution in [0.4, 0.5) is 0 Å². The maximum atomic E-state index is 10.1. The summed E-state index contributed by atoms with van der Waals surface area (Å²) in [4.78, 5) is 30.4. The summed E-state index contributed by atoms with van der Waals surface area (Å²) < 4.78 is 0. The maximum absolute atomic E-state index is 10.1. The van der Waals surface area contributed by atoms with Gasteiger partial charge in [-0.1, -0.05) is 0 Å². The van der Waals surface area contributed by atoms with Gasteiger partial charge in [-0.2, -0.15) is 0 Å². The molecule has 18 heavy (non-hydrogen) atoms. The lowest BCUT2D eigenvalue weighted by Gasteiger charge is -1.80. The molecule has 0 atom stereocenters. The van der Waals surface area contributed by atoms with Crippen LogP contribution in [0.5, 0.6) is 0 Å². The Morgan fingerprint density at radius 2 is 0.833 bits per heavy atom. The summed E-state index contributed by atoms with van der Waals surface area (Å²) >= 11 is 0. The van der Waals surface area contributed by atoms with E-state index in [0.717, 1.165) is 58.2 Å². The first kappa shape index (κ1) is 14.5. The molecule has 0 bridgehead atoms. The van der Waals surface area contributed by atoms with Gasteiger partial charge in [-0.05, 0) is 19.3 Å². The van der Waals surface area contributed by atoms with Crippen LogP contribution < -0.4 is 16.0 Å². The third-order valence-corrected chi connectivity index (χ3v) is 2.71. The van der Waals surface area contributed by atoms with Gasteiger partial charge in [0.1, 0.15) is 0 Å². The zero-order valence-corrected chi connectivity index (χ0v) is 10.6. The van der Waals surface area contributed by atoms with Crippen molar-refractivity contribution in [3.05, 3.63) is 0 Å². The predicted molar refractivity (Wildman–Crippen MR) is 66.7 cm³/mol. The zero-order chi connectivity index (χ0) is 13.2. The molecule has 3 N–H and O–H groups in total. The molecular formula is C12H21N3O3. The second-order valence-corrected chi connectivity index (χ2v) is 4.36. The Labute approximate surface area is 107 Å². The molecule has 0 aromatic heterocycles. The molecule has 3 heterocycles. The summed E-state index contributed by atoms with van der Waals surface area (Å²) in [6, 6.07) is 0. The van der Waals surface area contributed by atoms with Crippen LogP contribution >= 0.6 is 0 Å². The van der Waals surface area contributed by atoms with Crippen LogP contribution in [0.25, 0.3) is 0 Å². The molecule has 3 rings (SSSR count). The molecule has 3 aliphatic heterocycles. The van der Waals surface area contributed by atoms with Crippen molar-refractivity contribution in [1.29, 1.82) is 0 Å². The fourth-order valence-corrected chi connectivity index (χ4v) is 1.70. The van der Waals surface area contributed by atoms with E-state index in [-0.39, 0.29) is 17.7 Å². The molecule has 0 aliphatic carbocycles. The minimum atomic E-state index is 0.204. The van der Waals surface area contributed by atoms with Gasteiger partial charge in [-0.15, -0.1) is 0 Å². The normalized spacial score (nSPS) is 21.0. The average Bonchev–Trinajstić information content (AvgIpc) is 3.05. The van der Waals surface area contributed by atoms with Crippen molar-refractivity contribution in [2.24, 2.45) is 0 Å². The van der Waals surface area contributed by atoms with Crippen molar-refractivity contribution in [3.8, 4) is 0 Å². The van der Waals surface area contributed by atoms with Crippen LogP contribution in [-0.2, 0) is 14.4 Å². The highest BCUT2D eigenvalue weighted by Crippen LogP contribution is 1.94. The highest BCUT2D eigenvalue weighted by Gasteiger charge is 2.06. The van der Waals surface area contributed by atoms with Crippen LogP contribution in [0.2, 0.25) is 0 Å². The van der Waals surface area contributed by atoms with Gasteiger partial charge in [-0.3, -0.25) is 14.4 Å². The third-order valence-electron chi connectivity index (χ3n) is 2.71. The van der Waals surface area contributed by atoms with E-state index >= 15 is 0 Å². The Morgan fingerprint density at radius 3 is 0.889 bits per heavy atom. The highest BCUT2D eigenvalue weighted by molar-refractivity contribution is 5.78. The van der Waals surface area contributed by atoms with Gasteiger partial charge in [0.2, 0.25) is 17.7 Å². The summed E-state index contributed by atoms with van der Waals surface area (Å²) in [6.45, 7) is 2.66. The van der Waals surface area contributed by atoms with Crippen LogP contribution in [0.15, 0.2) is 0 Å². The van der Waals surface area contributed by atoms with E-state index in [1.807, 2.05) is 0 Å². The number of hydrogen-bond donors (Lipinski definition) is 3. The van der Waals surface area contributed by atoms with E-state index in [4.69, 9.17) is 0 Å². The molecule has 6 heteroatoms. The summed E-state index contributed by atoms with van der Waals surface area (Å²) in [7, 11) is 0. The standard InChI is InChI=1S/3C4H7NO/c3*6-4-2-1-3-5-4/h3*1-3H2,(H,5,6). The fraction of sp³-hybridized carbons (Fsp3) is 0.750. The molecule has 3 saturated heterocycles. The minimum absolute atomic E-state index is 0.204. The molecule has 6 nitrogen and oxygen atoms in total. The van der Waals surface area contributed by atoms with E-state index in [1.54, 1.807) is 0 Å².